The zero-order valence-corrected chi connectivity index (χ0v) is 35.9. The van der Waals surface area contributed by atoms with Crippen LogP contribution in [0.4, 0.5) is 0 Å². The Hall–Kier alpha value is -2.97. The van der Waals surface area contributed by atoms with Crippen molar-refractivity contribution >= 4 is 48.1 Å². The number of hydrogen-bond acceptors (Lipinski definition) is 3. The van der Waals surface area contributed by atoms with Crippen molar-refractivity contribution in [1.29, 1.82) is 0 Å². The molecule has 259 valence electrons. The second-order valence-electron chi connectivity index (χ2n) is 13.3. The van der Waals surface area contributed by atoms with Gasteiger partial charge in [-0.15, -0.1) is 0 Å². The Morgan fingerprint density at radius 3 is 1.82 bits per heavy atom. The molecule has 5 rings (SSSR count). The molecule has 0 unspecified atom stereocenters. The van der Waals surface area contributed by atoms with Crippen molar-refractivity contribution < 1.29 is 30.0 Å². The maximum absolute atomic E-state index is 11.7. The van der Waals surface area contributed by atoms with Crippen LogP contribution in [0.25, 0.3) is 22.0 Å². The number of aliphatic hydroxyl groups excluding tert-OH is 1. The van der Waals surface area contributed by atoms with E-state index in [1.165, 1.54) is 26.8 Å². The fourth-order valence-corrected chi connectivity index (χ4v) is 15.0. The van der Waals surface area contributed by atoms with Gasteiger partial charge in [0.2, 0.25) is 0 Å². The Balaban J connectivity index is 0.000000347. The molecule has 4 aromatic carbocycles. The summed E-state index contributed by atoms with van der Waals surface area (Å²) in [4.78, 5) is 16.5. The fourth-order valence-electron chi connectivity index (χ4n) is 6.08. The number of pyridine rings is 1. The second-order valence-corrected chi connectivity index (χ2v) is 21.9. The van der Waals surface area contributed by atoms with Crippen molar-refractivity contribution in [1.82, 2.24) is 4.98 Å². The molecule has 0 bridgehead atoms. The van der Waals surface area contributed by atoms with E-state index >= 15 is 0 Å². The molecule has 0 aliphatic rings. The number of benzene rings is 4. The van der Waals surface area contributed by atoms with E-state index in [2.05, 4.69) is 130 Å². The maximum Gasteiger partial charge on any atom is 0.162 e. The molecule has 1 radical (unpaired) electrons. The first-order valence-corrected chi connectivity index (χ1v) is 22.6. The molecule has 0 fully saturated rings. The monoisotopic (exact) mass is 1030 g/mol. The van der Waals surface area contributed by atoms with Gasteiger partial charge in [0.15, 0.2) is 5.78 Å². The predicted octanol–water partition coefficient (Wildman–Crippen LogP) is 9.38. The van der Waals surface area contributed by atoms with E-state index in [0.29, 0.717) is 0 Å². The average Bonchev–Trinajstić information content (AvgIpc) is 3.10. The minimum absolute atomic E-state index is 0. The van der Waals surface area contributed by atoms with Crippen molar-refractivity contribution in [2.45, 2.75) is 79.6 Å². The van der Waals surface area contributed by atoms with Gasteiger partial charge in [-0.2, -0.15) is 0 Å². The summed E-state index contributed by atoms with van der Waals surface area (Å²) >= 11 is -2.43. The van der Waals surface area contributed by atoms with E-state index in [9.17, 15) is 9.90 Å². The van der Waals surface area contributed by atoms with Crippen LogP contribution in [0.2, 0.25) is 0 Å². The average molecular weight is 1030 g/mol. The first-order valence-electron chi connectivity index (χ1n) is 17.4. The summed E-state index contributed by atoms with van der Waals surface area (Å²) in [5.41, 5.74) is 3.46. The molecule has 0 saturated carbocycles. The molecular formula is C44H51BiIrNO2-. The molecular weight excluding hydrogens is 976 g/mol. The summed E-state index contributed by atoms with van der Waals surface area (Å²) in [6.07, 6.45) is 6.89. The first kappa shape index (κ1) is 40.5. The second kappa shape index (κ2) is 19.4. The van der Waals surface area contributed by atoms with E-state index in [-0.39, 0.29) is 48.9 Å². The summed E-state index contributed by atoms with van der Waals surface area (Å²) in [5, 5.41) is 12.2. The van der Waals surface area contributed by atoms with Gasteiger partial charge in [0, 0.05) is 38.0 Å². The van der Waals surface area contributed by atoms with E-state index in [0.717, 1.165) is 42.3 Å². The molecule has 0 amide bonds. The Morgan fingerprint density at radius 2 is 1.29 bits per heavy atom. The molecule has 3 nitrogen and oxygen atoms in total. The number of allylic oxidation sites excluding steroid dienone is 2. The summed E-state index contributed by atoms with van der Waals surface area (Å²) in [6, 6.07) is 41.1. The third-order valence-electron chi connectivity index (χ3n) is 8.97. The normalized spacial score (nSPS) is 11.8. The minimum atomic E-state index is -2.43. The standard InChI is InChI=1S/C19H17N.C13H24O2.2C6H5.Bi.Ir/c1-19(2,3)17-13-15(18-10-6-7-11-20-18)12-14-8-4-5-9-16(14)17;1-5-10(6-2)12(14)9-13(15)11(7-3)8-4;2*1-2-4-6-5-3-1;;/h4-5,7-11,13H,1-3H3;9-11,14H,5-8H2,1-4H3;2*1-5H;;/q-1;;;;;/b;12-9-;;;;. The molecule has 5 heteroatoms. The molecule has 5 aromatic rings. The third-order valence-corrected chi connectivity index (χ3v) is 18.4. The molecule has 1 heterocycles. The third kappa shape index (κ3) is 10.8. The molecule has 49 heavy (non-hydrogen) atoms. The summed E-state index contributed by atoms with van der Waals surface area (Å²) in [7, 11) is 0. The van der Waals surface area contributed by atoms with Crippen molar-refractivity contribution in [2.24, 2.45) is 11.8 Å². The zero-order valence-electron chi connectivity index (χ0n) is 30.0. The van der Waals surface area contributed by atoms with Gasteiger partial charge in [-0.25, -0.2) is 0 Å². The summed E-state index contributed by atoms with van der Waals surface area (Å²) in [5.74, 6) is 0.547. The molecule has 0 saturated heterocycles. The molecule has 1 aromatic heterocycles. The van der Waals surface area contributed by atoms with Gasteiger partial charge in [0.05, 0.1) is 5.76 Å². The first-order chi connectivity index (χ1) is 23.1. The topological polar surface area (TPSA) is 50.2 Å². The molecule has 0 atom stereocenters. The number of aromatic nitrogens is 1. The SMILES string of the molecule is CC(C)(C)c1cc(-c2c[c]([Bi]([c]3ccccc3)[c]3ccccc3)ccn2)[c-]c2ccccc12.CCC(CC)C(=O)/C=C(\O)C(CC)CC.[Ir]. The van der Waals surface area contributed by atoms with E-state index in [4.69, 9.17) is 4.98 Å². The number of rotatable bonds is 11. The maximum atomic E-state index is 11.7. The quantitative estimate of drug-likeness (QED) is 0.0622. The van der Waals surface area contributed by atoms with Gasteiger partial charge in [-0.05, 0) is 25.7 Å². The molecule has 1 N–H and O–H groups in total. The van der Waals surface area contributed by atoms with Crippen LogP contribution in [0.3, 0.4) is 0 Å². The van der Waals surface area contributed by atoms with E-state index in [1.807, 2.05) is 33.9 Å². The van der Waals surface area contributed by atoms with Crippen LogP contribution in [0.15, 0.2) is 121 Å². The largest absolute Gasteiger partial charge is 0.512 e. The van der Waals surface area contributed by atoms with Gasteiger partial charge in [0.1, 0.15) is 0 Å². The predicted molar refractivity (Wildman–Crippen MR) is 206 cm³/mol. The fraction of sp³-hybridized carbons (Fsp3) is 0.318. The number of nitrogens with zero attached hydrogens (tertiary/aromatic N) is 1. The number of hydrogen-bond donors (Lipinski definition) is 1. The summed E-state index contributed by atoms with van der Waals surface area (Å²) in [6.45, 7) is 14.9. The molecule has 0 aliphatic heterocycles. The number of carbonyl (C=O) groups excluding carboxylic acids is 1. The van der Waals surface area contributed by atoms with Crippen LogP contribution < -0.4 is 9.81 Å². The zero-order chi connectivity index (χ0) is 34.7. The minimum Gasteiger partial charge on any atom is -0.512 e. The van der Waals surface area contributed by atoms with Gasteiger partial charge in [-0.3, -0.25) is 4.79 Å². The van der Waals surface area contributed by atoms with Gasteiger partial charge in [0.25, 0.3) is 0 Å². The van der Waals surface area contributed by atoms with Crippen molar-refractivity contribution in [3.63, 3.8) is 0 Å². The van der Waals surface area contributed by atoms with Crippen LogP contribution in [0.5, 0.6) is 0 Å². The Bertz CT molecular complexity index is 1750. The summed E-state index contributed by atoms with van der Waals surface area (Å²) < 4.78 is 4.40. The van der Waals surface area contributed by atoms with Gasteiger partial charge < -0.3 is 5.11 Å². The van der Waals surface area contributed by atoms with E-state index in [1.54, 1.807) is 0 Å². The number of ketones is 1. The van der Waals surface area contributed by atoms with Crippen LogP contribution in [0.1, 0.15) is 79.7 Å². The van der Waals surface area contributed by atoms with E-state index < -0.39 is 21.8 Å². The number of aliphatic hydroxyl groups is 1. The Morgan fingerprint density at radius 1 is 0.755 bits per heavy atom. The number of fused-ring (bicyclic) bond motifs is 1. The molecule has 0 spiro atoms. The number of carbonyl (C=O) groups is 1. The van der Waals surface area contributed by atoms with Crippen LogP contribution in [-0.2, 0) is 30.3 Å². The Labute approximate surface area is 316 Å². The molecule has 0 aliphatic carbocycles. The van der Waals surface area contributed by atoms with Gasteiger partial charge >= 0.3 is 206 Å². The van der Waals surface area contributed by atoms with Crippen molar-refractivity contribution in [3.8, 4) is 11.3 Å². The van der Waals surface area contributed by atoms with Crippen LogP contribution >= 0.6 is 0 Å². The van der Waals surface area contributed by atoms with Crippen LogP contribution in [0, 0.1) is 17.9 Å². The Kier molecular flexibility index (Phi) is 16.0. The van der Waals surface area contributed by atoms with Crippen LogP contribution in [-0.4, -0.2) is 37.6 Å². The smallest absolute Gasteiger partial charge is 0.162 e. The van der Waals surface area contributed by atoms with Gasteiger partial charge in [-0.1, -0.05) is 27.7 Å². The van der Waals surface area contributed by atoms with Crippen molar-refractivity contribution in [2.75, 3.05) is 0 Å². The van der Waals surface area contributed by atoms with Crippen molar-refractivity contribution in [3.05, 3.63) is 133 Å².